The maximum absolute atomic E-state index is 6.17. The number of benzene rings is 2. The van der Waals surface area contributed by atoms with Crippen LogP contribution in [0.1, 0.15) is 44.4 Å². The lowest BCUT2D eigenvalue weighted by atomic mass is 10.0. The highest BCUT2D eigenvalue weighted by molar-refractivity contribution is 7.17. The van der Waals surface area contributed by atoms with Gasteiger partial charge in [-0.25, -0.2) is 0 Å². The standard InChI is InChI=1S/C22H26N4OS/c1-4-24-19-10-9-15-16(19)6-5-7-17(15)22-26-25-21(28-22)14-8-11-20(18(23)12-14)27-13(2)3/h5-8,11-13,19,24H,4,9-10,23H2,1-3H3. The van der Waals surface area contributed by atoms with Gasteiger partial charge in [-0.15, -0.1) is 10.2 Å². The first-order valence-corrected chi connectivity index (χ1v) is 10.6. The number of hydrogen-bond acceptors (Lipinski definition) is 6. The quantitative estimate of drug-likeness (QED) is 0.585. The summed E-state index contributed by atoms with van der Waals surface area (Å²) >= 11 is 1.61. The monoisotopic (exact) mass is 394 g/mol. The molecule has 1 aliphatic carbocycles. The van der Waals surface area contributed by atoms with Crippen LogP contribution in [0.2, 0.25) is 0 Å². The summed E-state index contributed by atoms with van der Waals surface area (Å²) in [5, 5.41) is 14.3. The van der Waals surface area contributed by atoms with Crippen LogP contribution in [0.25, 0.3) is 21.1 Å². The molecule has 0 amide bonds. The number of anilines is 1. The smallest absolute Gasteiger partial charge is 0.148 e. The molecular formula is C22H26N4OS. The number of hydrogen-bond donors (Lipinski definition) is 2. The van der Waals surface area contributed by atoms with Crippen LogP contribution in [-0.4, -0.2) is 22.8 Å². The molecular weight excluding hydrogens is 368 g/mol. The summed E-state index contributed by atoms with van der Waals surface area (Å²) in [6.45, 7) is 7.11. The van der Waals surface area contributed by atoms with Crippen LogP contribution < -0.4 is 15.8 Å². The van der Waals surface area contributed by atoms with Gasteiger partial charge in [0.05, 0.1) is 11.8 Å². The molecule has 28 heavy (non-hydrogen) atoms. The van der Waals surface area contributed by atoms with Crippen LogP contribution in [0.3, 0.4) is 0 Å². The van der Waals surface area contributed by atoms with Gasteiger partial charge in [0, 0.05) is 17.2 Å². The van der Waals surface area contributed by atoms with Crippen molar-refractivity contribution in [3.8, 4) is 26.9 Å². The number of nitrogens with two attached hydrogens (primary N) is 1. The average Bonchev–Trinajstić information content (AvgIpc) is 3.31. The number of aromatic nitrogens is 2. The zero-order chi connectivity index (χ0) is 19.7. The van der Waals surface area contributed by atoms with Crippen LogP contribution in [0.4, 0.5) is 5.69 Å². The van der Waals surface area contributed by atoms with Crippen LogP contribution >= 0.6 is 11.3 Å². The van der Waals surface area contributed by atoms with E-state index in [2.05, 4.69) is 40.6 Å². The van der Waals surface area contributed by atoms with Crippen molar-refractivity contribution in [2.24, 2.45) is 0 Å². The van der Waals surface area contributed by atoms with E-state index in [1.165, 1.54) is 16.7 Å². The van der Waals surface area contributed by atoms with Gasteiger partial charge in [-0.3, -0.25) is 0 Å². The van der Waals surface area contributed by atoms with Crippen molar-refractivity contribution in [3.05, 3.63) is 47.5 Å². The predicted octanol–water partition coefficient (Wildman–Crippen LogP) is 4.84. The van der Waals surface area contributed by atoms with Crippen LogP contribution in [0.15, 0.2) is 36.4 Å². The third-order valence-electron chi connectivity index (χ3n) is 5.00. The van der Waals surface area contributed by atoms with Crippen LogP contribution in [0, 0.1) is 0 Å². The maximum atomic E-state index is 6.17. The molecule has 5 nitrogen and oxygen atoms in total. The zero-order valence-corrected chi connectivity index (χ0v) is 17.3. The van der Waals surface area contributed by atoms with E-state index in [0.717, 1.165) is 35.0 Å². The normalized spacial score (nSPS) is 15.8. The second-order valence-electron chi connectivity index (χ2n) is 7.35. The van der Waals surface area contributed by atoms with E-state index in [0.29, 0.717) is 17.5 Å². The molecule has 0 aliphatic heterocycles. The minimum absolute atomic E-state index is 0.0903. The Bertz CT molecular complexity index is 982. The second kappa shape index (κ2) is 7.89. The van der Waals surface area contributed by atoms with E-state index in [-0.39, 0.29) is 6.10 Å². The van der Waals surface area contributed by atoms with E-state index in [9.17, 15) is 0 Å². The van der Waals surface area contributed by atoms with Crippen LogP contribution in [-0.2, 0) is 6.42 Å². The van der Waals surface area contributed by atoms with E-state index in [4.69, 9.17) is 10.5 Å². The summed E-state index contributed by atoms with van der Waals surface area (Å²) < 4.78 is 5.73. The van der Waals surface area contributed by atoms with E-state index < -0.39 is 0 Å². The Balaban J connectivity index is 1.64. The van der Waals surface area contributed by atoms with Crippen molar-refractivity contribution in [3.63, 3.8) is 0 Å². The molecule has 146 valence electrons. The minimum atomic E-state index is 0.0903. The molecule has 1 aliphatic rings. The molecule has 1 unspecified atom stereocenters. The molecule has 1 heterocycles. The van der Waals surface area contributed by atoms with Gasteiger partial charge in [-0.05, 0) is 62.6 Å². The maximum Gasteiger partial charge on any atom is 0.148 e. The summed E-state index contributed by atoms with van der Waals surface area (Å²) in [4.78, 5) is 0. The fourth-order valence-electron chi connectivity index (χ4n) is 3.80. The minimum Gasteiger partial charge on any atom is -0.489 e. The van der Waals surface area contributed by atoms with Gasteiger partial charge >= 0.3 is 0 Å². The van der Waals surface area contributed by atoms with Gasteiger partial charge in [-0.2, -0.15) is 0 Å². The van der Waals surface area contributed by atoms with Gasteiger partial charge in [-0.1, -0.05) is 36.5 Å². The zero-order valence-electron chi connectivity index (χ0n) is 16.5. The molecule has 0 bridgehead atoms. The first-order chi connectivity index (χ1) is 13.6. The summed E-state index contributed by atoms with van der Waals surface area (Å²) in [6, 6.07) is 12.8. The molecule has 1 aromatic heterocycles. The van der Waals surface area contributed by atoms with Gasteiger partial charge in [0.2, 0.25) is 0 Å². The molecule has 4 rings (SSSR count). The van der Waals surface area contributed by atoms with Gasteiger partial charge in [0.25, 0.3) is 0 Å². The molecule has 0 radical (unpaired) electrons. The lowest BCUT2D eigenvalue weighted by molar-refractivity contribution is 0.244. The highest BCUT2D eigenvalue weighted by atomic mass is 32.1. The van der Waals surface area contributed by atoms with Crippen molar-refractivity contribution < 1.29 is 4.74 Å². The van der Waals surface area contributed by atoms with Gasteiger partial charge in [0.1, 0.15) is 15.8 Å². The first kappa shape index (κ1) is 18.9. The molecule has 0 spiro atoms. The average molecular weight is 395 g/mol. The lowest BCUT2D eigenvalue weighted by Gasteiger charge is -2.12. The highest BCUT2D eigenvalue weighted by Crippen LogP contribution is 2.40. The molecule has 0 fully saturated rings. The molecule has 2 aromatic carbocycles. The summed E-state index contributed by atoms with van der Waals surface area (Å²) in [5.41, 5.74) is 11.8. The van der Waals surface area contributed by atoms with E-state index in [1.807, 2.05) is 32.0 Å². The number of nitrogens with zero attached hydrogens (tertiary/aromatic N) is 2. The SMILES string of the molecule is CCNC1CCc2c(-c3nnc(-c4ccc(OC(C)C)c(N)c4)s3)cccc21. The molecule has 0 saturated heterocycles. The van der Waals surface area contributed by atoms with Gasteiger partial charge < -0.3 is 15.8 Å². The molecule has 3 N–H and O–H groups in total. The van der Waals surface area contributed by atoms with E-state index in [1.54, 1.807) is 11.3 Å². The van der Waals surface area contributed by atoms with E-state index >= 15 is 0 Å². The predicted molar refractivity (Wildman–Crippen MR) is 116 cm³/mol. The molecule has 0 saturated carbocycles. The largest absolute Gasteiger partial charge is 0.489 e. The Kier molecular flexibility index (Phi) is 5.33. The Labute approximate surface area is 170 Å². The fourth-order valence-corrected chi connectivity index (χ4v) is 4.70. The topological polar surface area (TPSA) is 73.1 Å². The molecule has 3 aromatic rings. The number of nitrogens with one attached hydrogen (secondary N) is 1. The number of ether oxygens (including phenoxy) is 1. The third kappa shape index (κ3) is 3.62. The highest BCUT2D eigenvalue weighted by Gasteiger charge is 2.25. The Morgan fingerprint density at radius 3 is 2.79 bits per heavy atom. The number of nitrogen functional groups attached to an aromatic ring is 1. The van der Waals surface area contributed by atoms with Crippen molar-refractivity contribution in [1.82, 2.24) is 15.5 Å². The second-order valence-corrected chi connectivity index (χ2v) is 8.33. The summed E-state index contributed by atoms with van der Waals surface area (Å²) in [6.07, 6.45) is 2.30. The first-order valence-electron chi connectivity index (χ1n) is 9.82. The number of fused-ring (bicyclic) bond motifs is 1. The third-order valence-corrected chi connectivity index (χ3v) is 6.00. The molecule has 1 atom stereocenters. The van der Waals surface area contributed by atoms with Gasteiger partial charge in [0.15, 0.2) is 0 Å². The van der Waals surface area contributed by atoms with Crippen molar-refractivity contribution in [1.29, 1.82) is 0 Å². The Morgan fingerprint density at radius 1 is 1.21 bits per heavy atom. The molecule has 6 heteroatoms. The fraction of sp³-hybridized carbons (Fsp3) is 0.364. The van der Waals surface area contributed by atoms with Crippen molar-refractivity contribution in [2.45, 2.75) is 45.8 Å². The van der Waals surface area contributed by atoms with Crippen molar-refractivity contribution >= 4 is 17.0 Å². The lowest BCUT2D eigenvalue weighted by Crippen LogP contribution is -2.18. The van der Waals surface area contributed by atoms with Crippen LogP contribution in [0.5, 0.6) is 5.75 Å². The Hall–Kier alpha value is -2.44. The summed E-state index contributed by atoms with van der Waals surface area (Å²) in [7, 11) is 0. The Morgan fingerprint density at radius 2 is 2.04 bits per heavy atom. The summed E-state index contributed by atoms with van der Waals surface area (Å²) in [5.74, 6) is 0.707. The van der Waals surface area contributed by atoms with Crippen molar-refractivity contribution in [2.75, 3.05) is 12.3 Å². The number of rotatable bonds is 6.